The molecule has 2 aromatic carbocycles. The van der Waals surface area contributed by atoms with E-state index in [0.29, 0.717) is 6.54 Å². The molecule has 0 radical (unpaired) electrons. The highest BCUT2D eigenvalue weighted by Gasteiger charge is 2.26. The van der Waals surface area contributed by atoms with Gasteiger partial charge in [0.2, 0.25) is 0 Å². The van der Waals surface area contributed by atoms with E-state index in [0.717, 1.165) is 11.1 Å². The number of carboxylic acid groups (broad SMARTS) is 1. The molecular formula is C19H22N2O4. The zero-order valence-electron chi connectivity index (χ0n) is 14.0. The SMILES string of the molecule is C[C@H](NCc1ccccc1)[C@@H](NC(=O)OCc1ccccc1)C(=O)O. The van der Waals surface area contributed by atoms with Crippen molar-refractivity contribution in [1.29, 1.82) is 0 Å². The monoisotopic (exact) mass is 342 g/mol. The van der Waals surface area contributed by atoms with Gasteiger partial charge in [-0.2, -0.15) is 0 Å². The third kappa shape index (κ3) is 6.27. The first kappa shape index (κ1) is 18.5. The Hall–Kier alpha value is -2.86. The number of hydrogen-bond acceptors (Lipinski definition) is 4. The number of amides is 1. The smallest absolute Gasteiger partial charge is 0.408 e. The van der Waals surface area contributed by atoms with Crippen molar-refractivity contribution in [2.24, 2.45) is 0 Å². The summed E-state index contributed by atoms with van der Waals surface area (Å²) < 4.78 is 5.08. The van der Waals surface area contributed by atoms with Gasteiger partial charge in [0.25, 0.3) is 0 Å². The van der Waals surface area contributed by atoms with Crippen LogP contribution >= 0.6 is 0 Å². The molecule has 0 heterocycles. The Balaban J connectivity index is 1.84. The van der Waals surface area contributed by atoms with Gasteiger partial charge in [0.15, 0.2) is 0 Å². The molecule has 0 bridgehead atoms. The third-order valence-corrected chi connectivity index (χ3v) is 3.72. The Kier molecular flexibility index (Phi) is 6.98. The standard InChI is InChI=1S/C19H22N2O4/c1-14(20-12-15-8-4-2-5-9-15)17(18(22)23)21-19(24)25-13-16-10-6-3-7-11-16/h2-11,14,17,20H,12-13H2,1H3,(H,21,24)(H,22,23)/t14-,17+/m0/s1. The van der Waals surface area contributed by atoms with Crippen molar-refractivity contribution in [2.75, 3.05) is 0 Å². The van der Waals surface area contributed by atoms with Crippen LogP contribution in [0.25, 0.3) is 0 Å². The van der Waals surface area contributed by atoms with Crippen LogP contribution in [0.1, 0.15) is 18.1 Å². The van der Waals surface area contributed by atoms with Crippen LogP contribution in [0.15, 0.2) is 60.7 Å². The highest BCUT2D eigenvalue weighted by atomic mass is 16.5. The second kappa shape index (κ2) is 9.44. The Bertz CT molecular complexity index is 676. The van der Waals surface area contributed by atoms with Crippen LogP contribution in [0, 0.1) is 0 Å². The molecule has 0 aliphatic heterocycles. The lowest BCUT2D eigenvalue weighted by Crippen LogP contribution is -2.52. The minimum absolute atomic E-state index is 0.0881. The summed E-state index contributed by atoms with van der Waals surface area (Å²) in [5.41, 5.74) is 1.87. The molecular weight excluding hydrogens is 320 g/mol. The van der Waals surface area contributed by atoms with E-state index in [4.69, 9.17) is 4.74 Å². The lowest BCUT2D eigenvalue weighted by Gasteiger charge is -2.22. The number of carbonyl (C=O) groups is 2. The maximum atomic E-state index is 11.9. The van der Waals surface area contributed by atoms with Crippen molar-refractivity contribution in [1.82, 2.24) is 10.6 Å². The van der Waals surface area contributed by atoms with E-state index < -0.39 is 24.1 Å². The minimum atomic E-state index is -1.12. The van der Waals surface area contributed by atoms with Crippen LogP contribution in [0.4, 0.5) is 4.79 Å². The molecule has 6 nitrogen and oxygen atoms in total. The molecule has 0 aromatic heterocycles. The quantitative estimate of drug-likeness (QED) is 0.686. The van der Waals surface area contributed by atoms with E-state index in [2.05, 4.69) is 10.6 Å². The average molecular weight is 342 g/mol. The molecule has 2 aromatic rings. The first-order valence-electron chi connectivity index (χ1n) is 8.03. The van der Waals surface area contributed by atoms with Gasteiger partial charge in [0.05, 0.1) is 0 Å². The van der Waals surface area contributed by atoms with Gasteiger partial charge in [0, 0.05) is 12.6 Å². The maximum absolute atomic E-state index is 11.9. The van der Waals surface area contributed by atoms with E-state index >= 15 is 0 Å². The zero-order valence-corrected chi connectivity index (χ0v) is 14.0. The van der Waals surface area contributed by atoms with Crippen molar-refractivity contribution in [3.63, 3.8) is 0 Å². The van der Waals surface area contributed by atoms with Crippen LogP contribution in [0.2, 0.25) is 0 Å². The topological polar surface area (TPSA) is 87.7 Å². The number of aliphatic carboxylic acids is 1. The molecule has 0 fully saturated rings. The van der Waals surface area contributed by atoms with Gasteiger partial charge in [-0.1, -0.05) is 60.7 Å². The number of nitrogens with one attached hydrogen (secondary N) is 2. The van der Waals surface area contributed by atoms with Crippen LogP contribution in [0.5, 0.6) is 0 Å². The van der Waals surface area contributed by atoms with Gasteiger partial charge in [-0.25, -0.2) is 9.59 Å². The molecule has 0 spiro atoms. The summed E-state index contributed by atoms with van der Waals surface area (Å²) in [7, 11) is 0. The molecule has 25 heavy (non-hydrogen) atoms. The molecule has 132 valence electrons. The molecule has 0 saturated heterocycles. The van der Waals surface area contributed by atoms with E-state index in [1.807, 2.05) is 60.7 Å². The first-order valence-corrected chi connectivity index (χ1v) is 8.03. The lowest BCUT2D eigenvalue weighted by atomic mass is 10.1. The fraction of sp³-hybridized carbons (Fsp3) is 0.263. The number of hydrogen-bond donors (Lipinski definition) is 3. The van der Waals surface area contributed by atoms with Crippen LogP contribution in [-0.2, 0) is 22.7 Å². The molecule has 1 amide bonds. The maximum Gasteiger partial charge on any atom is 0.408 e. The van der Waals surface area contributed by atoms with Gasteiger partial charge < -0.3 is 20.5 Å². The van der Waals surface area contributed by atoms with Gasteiger partial charge in [0.1, 0.15) is 12.6 Å². The number of carboxylic acids is 1. The van der Waals surface area contributed by atoms with E-state index in [9.17, 15) is 14.7 Å². The van der Waals surface area contributed by atoms with Crippen molar-refractivity contribution >= 4 is 12.1 Å². The number of carbonyl (C=O) groups excluding carboxylic acids is 1. The fourth-order valence-corrected chi connectivity index (χ4v) is 2.28. The summed E-state index contributed by atoms with van der Waals surface area (Å²) in [5, 5.41) is 14.9. The van der Waals surface area contributed by atoms with Crippen molar-refractivity contribution < 1.29 is 19.4 Å². The lowest BCUT2D eigenvalue weighted by molar-refractivity contribution is -0.140. The van der Waals surface area contributed by atoms with Gasteiger partial charge in [-0.3, -0.25) is 0 Å². The Morgan fingerprint density at radius 2 is 1.56 bits per heavy atom. The second-order valence-electron chi connectivity index (χ2n) is 5.68. The minimum Gasteiger partial charge on any atom is -0.480 e. The highest BCUT2D eigenvalue weighted by molar-refractivity contribution is 5.80. The highest BCUT2D eigenvalue weighted by Crippen LogP contribution is 2.03. The van der Waals surface area contributed by atoms with E-state index in [1.165, 1.54) is 0 Å². The zero-order chi connectivity index (χ0) is 18.1. The average Bonchev–Trinajstić information content (AvgIpc) is 2.64. The van der Waals surface area contributed by atoms with Crippen LogP contribution in [0.3, 0.4) is 0 Å². The van der Waals surface area contributed by atoms with Crippen LogP contribution in [-0.4, -0.2) is 29.3 Å². The van der Waals surface area contributed by atoms with E-state index in [1.54, 1.807) is 6.92 Å². The van der Waals surface area contributed by atoms with E-state index in [-0.39, 0.29) is 6.61 Å². The Labute approximate surface area is 146 Å². The molecule has 2 atom stereocenters. The summed E-state index contributed by atoms with van der Waals surface area (Å²) in [6.07, 6.45) is -0.760. The van der Waals surface area contributed by atoms with Gasteiger partial charge in [-0.05, 0) is 18.1 Å². The van der Waals surface area contributed by atoms with Crippen molar-refractivity contribution in [2.45, 2.75) is 32.2 Å². The number of ether oxygens (including phenoxy) is 1. The summed E-state index contributed by atoms with van der Waals surface area (Å²) in [6, 6.07) is 17.3. The largest absolute Gasteiger partial charge is 0.480 e. The number of benzene rings is 2. The molecule has 2 rings (SSSR count). The normalized spacial score (nSPS) is 12.8. The molecule has 0 saturated carbocycles. The molecule has 0 aliphatic rings. The summed E-state index contributed by atoms with van der Waals surface area (Å²) >= 11 is 0. The molecule has 0 aliphatic carbocycles. The predicted molar refractivity (Wildman–Crippen MR) is 93.9 cm³/mol. The van der Waals surface area contributed by atoms with Crippen molar-refractivity contribution in [3.05, 3.63) is 71.8 Å². The fourth-order valence-electron chi connectivity index (χ4n) is 2.28. The summed E-state index contributed by atoms with van der Waals surface area (Å²) in [5.74, 6) is -1.12. The van der Waals surface area contributed by atoms with Gasteiger partial charge >= 0.3 is 12.1 Å². The molecule has 0 unspecified atom stereocenters. The first-order chi connectivity index (χ1) is 12.1. The molecule has 6 heteroatoms. The van der Waals surface area contributed by atoms with Gasteiger partial charge in [-0.15, -0.1) is 0 Å². The van der Waals surface area contributed by atoms with Crippen LogP contribution < -0.4 is 10.6 Å². The Morgan fingerprint density at radius 1 is 1.00 bits per heavy atom. The number of alkyl carbamates (subject to hydrolysis) is 1. The summed E-state index contributed by atoms with van der Waals surface area (Å²) in [6.45, 7) is 2.30. The summed E-state index contributed by atoms with van der Waals surface area (Å²) in [4.78, 5) is 23.3. The third-order valence-electron chi connectivity index (χ3n) is 3.72. The predicted octanol–water partition coefficient (Wildman–Crippen LogP) is 2.54. The van der Waals surface area contributed by atoms with Crippen molar-refractivity contribution in [3.8, 4) is 0 Å². The Morgan fingerprint density at radius 3 is 2.12 bits per heavy atom. The second-order valence-corrected chi connectivity index (χ2v) is 5.68. The number of rotatable bonds is 8. The molecule has 3 N–H and O–H groups in total.